The molecule has 3 heterocycles. The number of nitrogens with zero attached hydrogens (tertiary/aromatic N) is 4. The Balaban J connectivity index is 0.00000609. The Bertz CT molecular complexity index is 4370. The zero-order chi connectivity index (χ0) is 52.6. The van der Waals surface area contributed by atoms with Gasteiger partial charge in [0.25, 0.3) is 0 Å². The zero-order valence-corrected chi connectivity index (χ0v) is 47.6. The van der Waals surface area contributed by atoms with E-state index >= 15 is 0 Å². The summed E-state index contributed by atoms with van der Waals surface area (Å²) in [7, 11) is 0. The number of fused-ring (bicyclic) bond motifs is 11. The van der Waals surface area contributed by atoms with Gasteiger partial charge in [0.1, 0.15) is 0 Å². The zero-order valence-electron chi connectivity index (χ0n) is 45.3. The molecule has 13 rings (SSSR count). The predicted molar refractivity (Wildman–Crippen MR) is 322 cm³/mol. The minimum Gasteiger partial charge on any atom is -0.497 e. The van der Waals surface area contributed by atoms with Gasteiger partial charge in [0.2, 0.25) is 0 Å². The molecule has 10 aromatic carbocycles. The molecular formula is C72H60N4OPt. The normalized spacial score (nSPS) is 11.9. The van der Waals surface area contributed by atoms with Crippen molar-refractivity contribution in [1.29, 1.82) is 0 Å². The summed E-state index contributed by atoms with van der Waals surface area (Å²) < 4.78 is 11.6. The molecule has 0 spiro atoms. The number of pyridine rings is 1. The van der Waals surface area contributed by atoms with E-state index in [4.69, 9.17) is 14.7 Å². The van der Waals surface area contributed by atoms with Crippen LogP contribution in [0.4, 0.5) is 0 Å². The Morgan fingerprint density at radius 3 is 1.68 bits per heavy atom. The summed E-state index contributed by atoms with van der Waals surface area (Å²) in [6.07, 6.45) is 0. The Labute approximate surface area is 471 Å². The molecular weight excluding hydrogens is 1130 g/mol. The van der Waals surface area contributed by atoms with Crippen LogP contribution in [0.3, 0.4) is 0 Å². The SMILES string of the molecule is CC(C)c1cc(-c2ccccc2)cc(C(C)C)c1-c1ccc2c3ccc(Oc4[c-]c(-c5nc6ccccc6n5-c5c(C(C)C)cc(-c6ccccc6)cc5C(C)C)ccc4)[c-]c3c3nc4c5ccccc5ccc4n3c2c1.[Pt+2]. The van der Waals surface area contributed by atoms with Gasteiger partial charge < -0.3 is 13.7 Å². The van der Waals surface area contributed by atoms with Gasteiger partial charge in [-0.15, -0.1) is 29.8 Å². The first-order valence-electron chi connectivity index (χ1n) is 27.3. The molecule has 3 aromatic heterocycles. The van der Waals surface area contributed by atoms with Crippen LogP contribution >= 0.6 is 0 Å². The van der Waals surface area contributed by atoms with E-state index in [0.29, 0.717) is 23.3 Å². The number of ether oxygens (including phenoxy) is 1. The Kier molecular flexibility index (Phi) is 13.2. The third-order valence-corrected chi connectivity index (χ3v) is 15.6. The first kappa shape index (κ1) is 50.7. The van der Waals surface area contributed by atoms with E-state index in [0.717, 1.165) is 71.5 Å². The summed E-state index contributed by atoms with van der Waals surface area (Å²) in [6, 6.07) is 77.3. The first-order valence-corrected chi connectivity index (χ1v) is 27.3. The van der Waals surface area contributed by atoms with E-state index in [9.17, 15) is 0 Å². The molecule has 0 aliphatic rings. The van der Waals surface area contributed by atoms with Crippen LogP contribution in [0.25, 0.3) is 111 Å². The standard InChI is InChI=1S/C72H60N4O.Pt/c1-43(2)59-37-52(47-20-11-9-12-21-47)38-60(44(3)4)68(59)50-30-33-58-57-34-32-55(42-63(57)72-74-69-56-27-16-15-24-49(56)31-35-66(69)75(72)67(58)41-50)77-54-26-19-25-51(36-54)71-73-64-28-17-18-29-65(64)76(71)70-61(45(5)6)39-53(40-62(70)46(7)8)48-22-13-10-14-23-48;/h9-35,37-41,43-46H,1-8H3;/q-2;+2. The van der Waals surface area contributed by atoms with Gasteiger partial charge in [-0.1, -0.05) is 212 Å². The van der Waals surface area contributed by atoms with Crippen molar-refractivity contribution in [3.05, 3.63) is 229 Å². The van der Waals surface area contributed by atoms with Crippen LogP contribution in [-0.4, -0.2) is 18.9 Å². The van der Waals surface area contributed by atoms with E-state index < -0.39 is 0 Å². The first-order chi connectivity index (χ1) is 37.5. The smallest absolute Gasteiger partial charge is 0.497 e. The topological polar surface area (TPSA) is 44.3 Å². The van der Waals surface area contributed by atoms with Crippen LogP contribution in [0, 0.1) is 12.1 Å². The molecule has 0 aliphatic carbocycles. The summed E-state index contributed by atoms with van der Waals surface area (Å²) in [5, 5.41) is 5.34. The molecule has 0 unspecified atom stereocenters. The van der Waals surface area contributed by atoms with Gasteiger partial charge in [0.05, 0.1) is 33.5 Å². The fourth-order valence-corrected chi connectivity index (χ4v) is 11.8. The molecule has 0 aliphatic heterocycles. The van der Waals surface area contributed by atoms with Crippen molar-refractivity contribution in [3.8, 4) is 62.0 Å². The molecule has 6 heteroatoms. The Hall–Kier alpha value is -8.11. The minimum absolute atomic E-state index is 0. The maximum absolute atomic E-state index is 6.87. The van der Waals surface area contributed by atoms with Crippen LogP contribution in [0.1, 0.15) is 101 Å². The fraction of sp³-hybridized carbons (Fsp3) is 0.167. The van der Waals surface area contributed by atoms with Crippen molar-refractivity contribution in [1.82, 2.24) is 18.9 Å². The Morgan fingerprint density at radius 2 is 1.01 bits per heavy atom. The van der Waals surface area contributed by atoms with Crippen molar-refractivity contribution >= 4 is 60.2 Å². The van der Waals surface area contributed by atoms with Gasteiger partial charge in [-0.2, -0.15) is 0 Å². The van der Waals surface area contributed by atoms with Gasteiger partial charge in [-0.25, -0.2) is 0 Å². The summed E-state index contributed by atoms with van der Waals surface area (Å²) in [5.74, 6) is 3.06. The molecule has 0 atom stereocenters. The van der Waals surface area contributed by atoms with E-state index in [1.54, 1.807) is 0 Å². The number of imidazole rings is 2. The van der Waals surface area contributed by atoms with Crippen LogP contribution in [0.2, 0.25) is 0 Å². The van der Waals surface area contributed by atoms with Crippen molar-refractivity contribution in [2.45, 2.75) is 79.1 Å². The molecule has 384 valence electrons. The summed E-state index contributed by atoms with van der Waals surface area (Å²) in [5.41, 5.74) is 20.6. The third-order valence-electron chi connectivity index (χ3n) is 15.6. The molecule has 13 aromatic rings. The van der Waals surface area contributed by atoms with Gasteiger partial charge in [-0.3, -0.25) is 9.97 Å². The molecule has 0 N–H and O–H groups in total. The second kappa shape index (κ2) is 20.4. The van der Waals surface area contributed by atoms with E-state index in [1.807, 2.05) is 18.2 Å². The molecule has 0 bridgehead atoms. The molecule has 0 fully saturated rings. The van der Waals surface area contributed by atoms with Crippen molar-refractivity contribution in [2.75, 3.05) is 0 Å². The minimum atomic E-state index is 0. The van der Waals surface area contributed by atoms with Crippen LogP contribution < -0.4 is 4.74 Å². The molecule has 0 radical (unpaired) electrons. The van der Waals surface area contributed by atoms with Crippen molar-refractivity contribution in [3.63, 3.8) is 0 Å². The summed E-state index contributed by atoms with van der Waals surface area (Å²) >= 11 is 0. The molecule has 0 amide bonds. The molecule has 0 saturated carbocycles. The fourth-order valence-electron chi connectivity index (χ4n) is 11.8. The molecule has 78 heavy (non-hydrogen) atoms. The predicted octanol–water partition coefficient (Wildman–Crippen LogP) is 19.8. The van der Waals surface area contributed by atoms with E-state index in [1.165, 1.54) is 61.3 Å². The average molecular weight is 1190 g/mol. The van der Waals surface area contributed by atoms with Crippen LogP contribution in [0.5, 0.6) is 11.5 Å². The Morgan fingerprint density at radius 1 is 0.423 bits per heavy atom. The number of rotatable bonds is 11. The van der Waals surface area contributed by atoms with E-state index in [-0.39, 0.29) is 32.9 Å². The molecule has 0 saturated heterocycles. The monoisotopic (exact) mass is 1190 g/mol. The summed E-state index contributed by atoms with van der Waals surface area (Å²) in [6.45, 7) is 18.4. The van der Waals surface area contributed by atoms with Gasteiger partial charge in [-0.05, 0) is 126 Å². The molecule has 5 nitrogen and oxygen atoms in total. The second-order valence-corrected chi connectivity index (χ2v) is 21.9. The van der Waals surface area contributed by atoms with Gasteiger partial charge in [0.15, 0.2) is 0 Å². The van der Waals surface area contributed by atoms with Gasteiger partial charge >= 0.3 is 21.1 Å². The van der Waals surface area contributed by atoms with Crippen molar-refractivity contribution in [2.24, 2.45) is 0 Å². The van der Waals surface area contributed by atoms with E-state index in [2.05, 4.69) is 252 Å². The maximum Gasteiger partial charge on any atom is 2.00 e. The average Bonchev–Trinajstić information content (AvgIpc) is 4.17. The van der Waals surface area contributed by atoms with Gasteiger partial charge in [0, 0.05) is 28.1 Å². The third kappa shape index (κ3) is 8.70. The second-order valence-electron chi connectivity index (χ2n) is 21.9. The number of hydrogen-bond donors (Lipinski definition) is 0. The van der Waals surface area contributed by atoms with Crippen LogP contribution in [-0.2, 0) is 21.1 Å². The summed E-state index contributed by atoms with van der Waals surface area (Å²) in [4.78, 5) is 10.9. The van der Waals surface area contributed by atoms with Crippen LogP contribution in [0.15, 0.2) is 194 Å². The maximum atomic E-state index is 6.87. The number of para-hydroxylation sites is 2. The number of hydrogen-bond acceptors (Lipinski definition) is 3. The van der Waals surface area contributed by atoms with Crippen molar-refractivity contribution < 1.29 is 25.8 Å². The number of benzene rings is 10. The quantitative estimate of drug-likeness (QED) is 0.0958. The largest absolute Gasteiger partial charge is 2.00 e. The number of aromatic nitrogens is 4.